The molecule has 0 aliphatic carbocycles. The molecule has 0 spiro atoms. The van der Waals surface area contributed by atoms with Crippen molar-refractivity contribution in [2.24, 2.45) is 5.73 Å². The van der Waals surface area contributed by atoms with E-state index in [-0.39, 0.29) is 18.7 Å². The zero-order chi connectivity index (χ0) is 15.6. The van der Waals surface area contributed by atoms with Gasteiger partial charge in [0.25, 0.3) is 0 Å². The predicted molar refractivity (Wildman–Crippen MR) is 77.3 cm³/mol. The van der Waals surface area contributed by atoms with Crippen LogP contribution in [-0.2, 0) is 23.1 Å². The minimum absolute atomic E-state index is 0.102. The molecule has 6 nitrogen and oxygen atoms in total. The van der Waals surface area contributed by atoms with Crippen molar-refractivity contribution >= 4 is 26.0 Å². The van der Waals surface area contributed by atoms with Gasteiger partial charge in [0.15, 0.2) is 5.76 Å². The second-order valence-electron chi connectivity index (χ2n) is 4.34. The fourth-order valence-corrected chi connectivity index (χ4v) is 3.50. The van der Waals surface area contributed by atoms with Gasteiger partial charge in [0.05, 0.1) is 12.2 Å². The number of aromatic nitrogens is 1. The number of rotatable bonds is 5. The highest BCUT2D eigenvalue weighted by Crippen LogP contribution is 2.24. The number of aryl methyl sites for hydroxylation is 1. The van der Waals surface area contributed by atoms with Crippen molar-refractivity contribution in [2.45, 2.75) is 24.9 Å². The SMILES string of the molecule is Cc1cc(CNS(=O)(=O)c2cc(Br)cc(CN)c2F)on1. The number of halogens is 2. The summed E-state index contributed by atoms with van der Waals surface area (Å²) in [5.74, 6) is -0.521. The molecular weight excluding hydrogens is 365 g/mol. The van der Waals surface area contributed by atoms with Crippen LogP contribution in [0.25, 0.3) is 0 Å². The molecule has 1 aromatic carbocycles. The number of benzene rings is 1. The Bertz CT molecular complexity index is 761. The van der Waals surface area contributed by atoms with Gasteiger partial charge >= 0.3 is 0 Å². The van der Waals surface area contributed by atoms with Crippen molar-refractivity contribution in [3.63, 3.8) is 0 Å². The zero-order valence-corrected chi connectivity index (χ0v) is 13.5. The molecule has 0 saturated carbocycles. The average molecular weight is 378 g/mol. The predicted octanol–water partition coefficient (Wildman–Crippen LogP) is 1.82. The standard InChI is InChI=1S/C12H13BrFN3O3S/c1-7-2-10(20-17-7)6-16-21(18,19)11-4-9(13)3-8(5-15)12(11)14/h2-4,16H,5-6,15H2,1H3. The van der Waals surface area contributed by atoms with Crippen LogP contribution in [0.2, 0.25) is 0 Å². The quantitative estimate of drug-likeness (QED) is 0.827. The molecule has 0 fully saturated rings. The Labute approximate surface area is 129 Å². The fourth-order valence-electron chi connectivity index (χ4n) is 1.71. The number of nitrogens with one attached hydrogen (secondary N) is 1. The molecule has 0 aliphatic heterocycles. The van der Waals surface area contributed by atoms with E-state index in [1.165, 1.54) is 12.1 Å². The van der Waals surface area contributed by atoms with E-state index >= 15 is 0 Å². The Morgan fingerprint density at radius 1 is 1.43 bits per heavy atom. The summed E-state index contributed by atoms with van der Waals surface area (Å²) in [5.41, 5.74) is 6.14. The Balaban J connectivity index is 2.29. The summed E-state index contributed by atoms with van der Waals surface area (Å²) >= 11 is 3.14. The molecule has 2 rings (SSSR count). The van der Waals surface area contributed by atoms with Crippen LogP contribution >= 0.6 is 15.9 Å². The van der Waals surface area contributed by atoms with Crippen LogP contribution in [0.1, 0.15) is 17.0 Å². The minimum atomic E-state index is -4.03. The summed E-state index contributed by atoms with van der Waals surface area (Å²) in [6, 6.07) is 4.21. The van der Waals surface area contributed by atoms with E-state index in [1.54, 1.807) is 13.0 Å². The van der Waals surface area contributed by atoms with Gasteiger partial charge in [0.2, 0.25) is 10.0 Å². The van der Waals surface area contributed by atoms with Gasteiger partial charge in [-0.2, -0.15) is 0 Å². The number of nitrogens with two attached hydrogens (primary N) is 1. The highest BCUT2D eigenvalue weighted by atomic mass is 79.9. The molecule has 21 heavy (non-hydrogen) atoms. The lowest BCUT2D eigenvalue weighted by atomic mass is 10.2. The summed E-state index contributed by atoms with van der Waals surface area (Å²) in [5, 5.41) is 3.64. The zero-order valence-electron chi connectivity index (χ0n) is 11.1. The second-order valence-corrected chi connectivity index (χ2v) is 6.99. The Hall–Kier alpha value is -1.29. The van der Waals surface area contributed by atoms with Gasteiger partial charge in [0, 0.05) is 22.6 Å². The third kappa shape index (κ3) is 3.67. The first-order valence-electron chi connectivity index (χ1n) is 5.93. The molecule has 1 aromatic heterocycles. The highest BCUT2D eigenvalue weighted by molar-refractivity contribution is 9.10. The van der Waals surface area contributed by atoms with E-state index in [0.29, 0.717) is 15.9 Å². The molecule has 114 valence electrons. The number of hydrogen-bond acceptors (Lipinski definition) is 5. The topological polar surface area (TPSA) is 98.2 Å². The smallest absolute Gasteiger partial charge is 0.243 e. The van der Waals surface area contributed by atoms with Gasteiger partial charge in [-0.1, -0.05) is 21.1 Å². The molecule has 1 heterocycles. The summed E-state index contributed by atoms with van der Waals surface area (Å²) in [7, 11) is -4.03. The van der Waals surface area contributed by atoms with Crippen molar-refractivity contribution in [2.75, 3.05) is 0 Å². The first-order chi connectivity index (χ1) is 9.83. The van der Waals surface area contributed by atoms with Gasteiger partial charge in [0.1, 0.15) is 10.7 Å². The first-order valence-corrected chi connectivity index (χ1v) is 8.21. The Kier molecular flexibility index (Phi) is 4.77. The van der Waals surface area contributed by atoms with Gasteiger partial charge in [-0.3, -0.25) is 0 Å². The maximum Gasteiger partial charge on any atom is 0.243 e. The molecule has 9 heteroatoms. The van der Waals surface area contributed by atoms with Crippen molar-refractivity contribution in [3.8, 4) is 0 Å². The number of nitrogens with zero attached hydrogens (tertiary/aromatic N) is 1. The Morgan fingerprint density at radius 3 is 2.71 bits per heavy atom. The molecule has 0 aliphatic rings. The summed E-state index contributed by atoms with van der Waals surface area (Å²) in [4.78, 5) is -0.464. The lowest BCUT2D eigenvalue weighted by Gasteiger charge is -2.09. The van der Waals surface area contributed by atoms with E-state index in [9.17, 15) is 12.8 Å². The largest absolute Gasteiger partial charge is 0.360 e. The third-order valence-electron chi connectivity index (χ3n) is 2.70. The lowest BCUT2D eigenvalue weighted by Crippen LogP contribution is -2.24. The summed E-state index contributed by atoms with van der Waals surface area (Å²) in [6.07, 6.45) is 0. The summed E-state index contributed by atoms with van der Waals surface area (Å²) < 4.78 is 46.1. The molecule has 0 unspecified atom stereocenters. The van der Waals surface area contributed by atoms with Crippen LogP contribution in [-0.4, -0.2) is 13.6 Å². The van der Waals surface area contributed by atoms with Crippen LogP contribution in [0.5, 0.6) is 0 Å². The van der Waals surface area contributed by atoms with E-state index in [1.807, 2.05) is 0 Å². The van der Waals surface area contributed by atoms with Crippen LogP contribution in [0.3, 0.4) is 0 Å². The van der Waals surface area contributed by atoms with Crippen LogP contribution < -0.4 is 10.5 Å². The van der Waals surface area contributed by atoms with Gasteiger partial charge in [-0.05, 0) is 19.1 Å². The molecule has 0 bridgehead atoms. The molecule has 3 N–H and O–H groups in total. The van der Waals surface area contributed by atoms with E-state index in [0.717, 1.165) is 0 Å². The maximum atomic E-state index is 14.1. The fraction of sp³-hybridized carbons (Fsp3) is 0.250. The normalized spacial score (nSPS) is 11.8. The van der Waals surface area contributed by atoms with E-state index < -0.39 is 20.7 Å². The van der Waals surface area contributed by atoms with E-state index in [4.69, 9.17) is 10.3 Å². The third-order valence-corrected chi connectivity index (χ3v) is 4.56. The molecule has 0 atom stereocenters. The van der Waals surface area contributed by atoms with Crippen molar-refractivity contribution in [3.05, 3.63) is 45.5 Å². The average Bonchev–Trinajstić information content (AvgIpc) is 2.84. The van der Waals surface area contributed by atoms with Crippen LogP contribution in [0, 0.1) is 12.7 Å². The first kappa shape index (κ1) is 16.1. The maximum absolute atomic E-state index is 14.1. The van der Waals surface area contributed by atoms with Crippen molar-refractivity contribution in [1.29, 1.82) is 0 Å². The molecule has 0 amide bonds. The lowest BCUT2D eigenvalue weighted by molar-refractivity contribution is 0.376. The van der Waals surface area contributed by atoms with E-state index in [2.05, 4.69) is 25.8 Å². The highest BCUT2D eigenvalue weighted by Gasteiger charge is 2.22. The number of sulfonamides is 1. The van der Waals surface area contributed by atoms with Gasteiger partial charge in [-0.25, -0.2) is 17.5 Å². The van der Waals surface area contributed by atoms with Crippen molar-refractivity contribution in [1.82, 2.24) is 9.88 Å². The minimum Gasteiger partial charge on any atom is -0.360 e. The number of hydrogen-bond donors (Lipinski definition) is 2. The van der Waals surface area contributed by atoms with Gasteiger partial charge < -0.3 is 10.3 Å². The molecule has 0 saturated heterocycles. The molecule has 0 radical (unpaired) electrons. The second kappa shape index (κ2) is 6.22. The van der Waals surface area contributed by atoms with Crippen LogP contribution in [0.15, 0.2) is 32.1 Å². The van der Waals surface area contributed by atoms with Crippen molar-refractivity contribution < 1.29 is 17.3 Å². The van der Waals surface area contributed by atoms with Crippen LogP contribution in [0.4, 0.5) is 4.39 Å². The Morgan fingerprint density at radius 2 is 2.14 bits per heavy atom. The summed E-state index contributed by atoms with van der Waals surface area (Å²) in [6.45, 7) is 1.49. The van der Waals surface area contributed by atoms with Gasteiger partial charge in [-0.15, -0.1) is 0 Å². The monoisotopic (exact) mass is 377 g/mol. The molecule has 2 aromatic rings. The molecular formula is C12H13BrFN3O3S.